The van der Waals surface area contributed by atoms with Crippen molar-refractivity contribution in [1.29, 1.82) is 0 Å². The number of benzene rings is 4. The van der Waals surface area contributed by atoms with Gasteiger partial charge in [0.15, 0.2) is 0 Å². The van der Waals surface area contributed by atoms with Crippen LogP contribution < -0.4 is 9.47 Å². The molecule has 360 valence electrons. The van der Waals surface area contributed by atoms with E-state index in [0.717, 1.165) is 60.1 Å². The van der Waals surface area contributed by atoms with Gasteiger partial charge in [-0.05, 0) is 160 Å². The second-order valence-electron chi connectivity index (χ2n) is 17.7. The number of hydrogen-bond acceptors (Lipinski definition) is 14. The molecule has 0 saturated heterocycles. The van der Waals surface area contributed by atoms with Crippen LogP contribution in [-0.2, 0) is 56.3 Å². The highest BCUT2D eigenvalue weighted by atomic mass is 16.7. The van der Waals surface area contributed by atoms with Crippen LogP contribution >= 0.6 is 0 Å². The fraction of sp³-hybridized carbons (Fsp3) is 0.382. The van der Waals surface area contributed by atoms with Gasteiger partial charge in [-0.2, -0.15) is 0 Å². The first kappa shape index (κ1) is 48.2. The largest absolute Gasteiger partial charge is 0.493 e. The lowest BCUT2D eigenvalue weighted by Gasteiger charge is -2.32. The lowest BCUT2D eigenvalue weighted by Crippen LogP contribution is -2.32. The molecule has 0 aromatic heterocycles. The van der Waals surface area contributed by atoms with Gasteiger partial charge < -0.3 is 37.9 Å². The first-order chi connectivity index (χ1) is 33.5. The lowest BCUT2D eigenvalue weighted by molar-refractivity contribution is -0.144. The second kappa shape index (κ2) is 22.3. The third kappa shape index (κ3) is 11.6. The third-order valence-electron chi connectivity index (χ3n) is 13.4. The summed E-state index contributed by atoms with van der Waals surface area (Å²) >= 11 is 0. The molecule has 0 heterocycles. The van der Waals surface area contributed by atoms with E-state index < -0.39 is 41.2 Å². The molecule has 14 nitrogen and oxygen atoms in total. The number of aryl methyl sites for hydroxylation is 2. The Hall–Kier alpha value is -7.22. The molecule has 14 heteroatoms. The fourth-order valence-electron chi connectivity index (χ4n) is 10.0. The first-order valence-electron chi connectivity index (χ1n) is 23.7. The molecule has 1 unspecified atom stereocenters. The maximum Gasteiger partial charge on any atom is 0.338 e. The summed E-state index contributed by atoms with van der Waals surface area (Å²) in [6.45, 7) is 6.97. The predicted octanol–water partition coefficient (Wildman–Crippen LogP) is 9.08. The number of ether oxygens (including phenoxy) is 8. The van der Waals surface area contributed by atoms with Crippen LogP contribution in [0.2, 0.25) is 0 Å². The monoisotopic (exact) mass is 940 g/mol. The van der Waals surface area contributed by atoms with Crippen LogP contribution in [0.5, 0.6) is 11.5 Å². The summed E-state index contributed by atoms with van der Waals surface area (Å²) in [4.78, 5) is 76.7. The second-order valence-corrected chi connectivity index (χ2v) is 17.7. The van der Waals surface area contributed by atoms with Crippen molar-refractivity contribution in [3.63, 3.8) is 0 Å². The molecular formula is C55H56O14. The molecule has 4 aromatic rings. The molecule has 4 aliphatic rings. The van der Waals surface area contributed by atoms with Crippen LogP contribution in [0, 0.1) is 0 Å². The zero-order chi connectivity index (χ0) is 48.3. The number of rotatable bonds is 18. The summed E-state index contributed by atoms with van der Waals surface area (Å²) in [6, 6.07) is 24.6. The van der Waals surface area contributed by atoms with E-state index in [1.807, 2.05) is 24.3 Å². The van der Waals surface area contributed by atoms with Gasteiger partial charge in [-0.25, -0.2) is 28.8 Å². The molecule has 1 spiro atoms. The van der Waals surface area contributed by atoms with E-state index >= 15 is 0 Å². The Bertz CT molecular complexity index is 2540. The Morgan fingerprint density at radius 2 is 0.899 bits per heavy atom. The highest BCUT2D eigenvalue weighted by Crippen LogP contribution is 2.55. The number of carbonyl (C=O) groups is 6. The maximum atomic E-state index is 14.2. The Labute approximate surface area is 400 Å². The van der Waals surface area contributed by atoms with Crippen LogP contribution in [0.3, 0.4) is 0 Å². The van der Waals surface area contributed by atoms with Crippen LogP contribution in [0.15, 0.2) is 110 Å². The van der Waals surface area contributed by atoms with Crippen LogP contribution in [0.25, 0.3) is 0 Å². The molecule has 0 aliphatic heterocycles. The van der Waals surface area contributed by atoms with Gasteiger partial charge in [0, 0.05) is 24.0 Å². The van der Waals surface area contributed by atoms with Crippen molar-refractivity contribution >= 4 is 35.8 Å². The zero-order valence-electron chi connectivity index (χ0n) is 38.5. The first-order valence-corrected chi connectivity index (χ1v) is 23.7. The highest BCUT2D eigenvalue weighted by molar-refractivity contribution is 5.96. The summed E-state index contributed by atoms with van der Waals surface area (Å²) in [7, 11) is 0. The quantitative estimate of drug-likeness (QED) is 0.0303. The Kier molecular flexibility index (Phi) is 15.6. The van der Waals surface area contributed by atoms with E-state index in [0.29, 0.717) is 98.1 Å². The average Bonchev–Trinajstić information content (AvgIpc) is 3.95. The molecule has 4 aliphatic carbocycles. The molecule has 0 amide bonds. The Balaban J connectivity index is 0.830. The summed E-state index contributed by atoms with van der Waals surface area (Å²) in [5.74, 6) is -1.79. The van der Waals surface area contributed by atoms with Gasteiger partial charge in [-0.3, -0.25) is 0 Å². The molecule has 0 N–H and O–H groups in total. The van der Waals surface area contributed by atoms with Crippen molar-refractivity contribution in [2.45, 2.75) is 113 Å². The standard InChI is InChI=1S/C55H56O14/c1-3-47(56)63-33-7-32-62-39-16-12-37(13-17-39)51(58)66-41-20-24-43(25-21-41)68-53(60)45-10-5-8-35-28-30-55(49(35)45)31-29-36-9-6-11-46(50(36)55)54(61)69-44-26-22-42(23-27-44)67-52(59)38-14-18-40(19-15-38)64-34-65-48(57)4-2/h3-6,8-19,41-44H,1-2,7,20-34H2. The molecule has 8 rings (SSSR count). The summed E-state index contributed by atoms with van der Waals surface area (Å²) in [5, 5.41) is 0. The minimum absolute atomic E-state index is 0.218. The van der Waals surface area contributed by atoms with Crippen molar-refractivity contribution in [3.05, 3.63) is 155 Å². The van der Waals surface area contributed by atoms with Crippen LogP contribution in [0.4, 0.5) is 0 Å². The van der Waals surface area contributed by atoms with E-state index in [2.05, 4.69) is 25.3 Å². The van der Waals surface area contributed by atoms with Crippen LogP contribution in [0.1, 0.15) is 134 Å². The van der Waals surface area contributed by atoms with Crippen LogP contribution in [-0.4, -0.2) is 80.2 Å². The molecule has 2 saturated carbocycles. The van der Waals surface area contributed by atoms with Crippen molar-refractivity contribution < 1.29 is 66.7 Å². The van der Waals surface area contributed by atoms with E-state index in [-0.39, 0.29) is 37.8 Å². The molecule has 69 heavy (non-hydrogen) atoms. The van der Waals surface area contributed by atoms with E-state index in [1.165, 1.54) is 0 Å². The van der Waals surface area contributed by atoms with Gasteiger partial charge in [0.1, 0.15) is 35.9 Å². The highest BCUT2D eigenvalue weighted by Gasteiger charge is 2.49. The predicted molar refractivity (Wildman–Crippen MR) is 250 cm³/mol. The van der Waals surface area contributed by atoms with E-state index in [1.54, 1.807) is 48.5 Å². The number of esters is 6. The van der Waals surface area contributed by atoms with Crippen molar-refractivity contribution in [3.8, 4) is 11.5 Å². The number of carbonyl (C=O) groups excluding carboxylic acids is 6. The van der Waals surface area contributed by atoms with Gasteiger partial charge in [-0.15, -0.1) is 0 Å². The van der Waals surface area contributed by atoms with Gasteiger partial charge in [0.25, 0.3) is 0 Å². The molecule has 0 radical (unpaired) electrons. The topological polar surface area (TPSA) is 176 Å². The summed E-state index contributed by atoms with van der Waals surface area (Å²) < 4.78 is 44.8. The molecule has 0 bridgehead atoms. The molecule has 1 atom stereocenters. The fourth-order valence-corrected chi connectivity index (χ4v) is 10.0. The van der Waals surface area contributed by atoms with Gasteiger partial charge in [0.2, 0.25) is 6.79 Å². The van der Waals surface area contributed by atoms with Gasteiger partial charge in [0.05, 0.1) is 35.5 Å². The van der Waals surface area contributed by atoms with Gasteiger partial charge in [-0.1, -0.05) is 37.4 Å². The molecule has 2 fully saturated rings. The molecular weight excluding hydrogens is 885 g/mol. The summed E-state index contributed by atoms with van der Waals surface area (Å²) in [6.07, 6.45) is 8.69. The average molecular weight is 941 g/mol. The van der Waals surface area contributed by atoms with E-state index in [4.69, 9.17) is 37.9 Å². The zero-order valence-corrected chi connectivity index (χ0v) is 38.5. The molecule has 4 aromatic carbocycles. The Morgan fingerprint density at radius 1 is 0.493 bits per heavy atom. The van der Waals surface area contributed by atoms with E-state index in [9.17, 15) is 28.8 Å². The van der Waals surface area contributed by atoms with Crippen molar-refractivity contribution in [1.82, 2.24) is 0 Å². The van der Waals surface area contributed by atoms with Gasteiger partial charge >= 0.3 is 35.8 Å². The summed E-state index contributed by atoms with van der Waals surface area (Å²) in [5.41, 5.74) is 5.24. The normalized spacial score (nSPS) is 21.1. The number of hydrogen-bond donors (Lipinski definition) is 0. The van der Waals surface area contributed by atoms with Crippen molar-refractivity contribution in [2.24, 2.45) is 0 Å². The minimum Gasteiger partial charge on any atom is -0.493 e. The lowest BCUT2D eigenvalue weighted by atomic mass is 9.73. The Morgan fingerprint density at radius 3 is 1.33 bits per heavy atom. The SMILES string of the molecule is C=CC(=O)OCCCOc1ccc(C(=O)OC2CCC(OC(=O)c3cccc4c3C3(CC4)CCc4cccc(C(=O)OC5CCC(OC(=O)c6ccc(OCOC(=O)C=C)cc6)CC5)c43)CC2)cc1. The smallest absolute Gasteiger partial charge is 0.338 e. The minimum atomic E-state index is -0.604. The van der Waals surface area contributed by atoms with Crippen molar-refractivity contribution in [2.75, 3.05) is 20.0 Å². The third-order valence-corrected chi connectivity index (χ3v) is 13.4. The maximum absolute atomic E-state index is 14.2. The number of fused-ring (bicyclic) bond motifs is 4.